The van der Waals surface area contributed by atoms with Crippen LogP contribution in [0.15, 0.2) is 12.1 Å². The molecule has 2 atom stereocenters. The molecule has 0 saturated heterocycles. The maximum absolute atomic E-state index is 10.7. The van der Waals surface area contributed by atoms with Crippen LogP contribution in [-0.2, 0) is 4.79 Å². The van der Waals surface area contributed by atoms with Crippen molar-refractivity contribution in [2.24, 2.45) is 0 Å². The molecule has 4 N–H and O–H groups in total. The third-order valence-electron chi connectivity index (χ3n) is 2.30. The van der Waals surface area contributed by atoms with E-state index in [2.05, 4.69) is 5.32 Å². The second-order valence-electron chi connectivity index (χ2n) is 3.77. The first-order chi connectivity index (χ1) is 8.32. The predicted molar refractivity (Wildman–Crippen MR) is 67.8 cm³/mol. The Bertz CT molecular complexity index is 453. The molecule has 0 aliphatic carbocycles. The molecule has 0 bridgehead atoms. The summed E-state index contributed by atoms with van der Waals surface area (Å²) in [4.78, 5) is 10.7. The van der Waals surface area contributed by atoms with Gasteiger partial charge in [0.15, 0.2) is 0 Å². The minimum atomic E-state index is -1.41. The minimum absolute atomic E-state index is 0.00496. The predicted octanol–water partition coefficient (Wildman–Crippen LogP) is 1.23. The second-order valence-corrected chi connectivity index (χ2v) is 4.62. The normalized spacial score (nSPS) is 14.1. The largest absolute Gasteiger partial charge is 0.506 e. The van der Waals surface area contributed by atoms with Crippen molar-refractivity contribution in [2.45, 2.75) is 19.1 Å². The van der Waals surface area contributed by atoms with Gasteiger partial charge in [0.2, 0.25) is 5.91 Å². The van der Waals surface area contributed by atoms with Crippen LogP contribution in [0.1, 0.15) is 18.6 Å². The number of nitrogens with one attached hydrogen (secondary N) is 1. The summed E-state index contributed by atoms with van der Waals surface area (Å²) >= 11 is 11.4. The first kappa shape index (κ1) is 15.0. The summed E-state index contributed by atoms with van der Waals surface area (Å²) in [6.07, 6.45) is -2.69. The lowest BCUT2D eigenvalue weighted by Crippen LogP contribution is -2.34. The number of aliphatic hydroxyl groups is 2. The Hall–Kier alpha value is -1.01. The molecule has 0 aromatic heterocycles. The van der Waals surface area contributed by atoms with Crippen molar-refractivity contribution in [2.75, 3.05) is 6.54 Å². The van der Waals surface area contributed by atoms with Crippen LogP contribution in [-0.4, -0.2) is 33.9 Å². The van der Waals surface area contributed by atoms with Gasteiger partial charge in [-0.15, -0.1) is 0 Å². The van der Waals surface area contributed by atoms with Gasteiger partial charge < -0.3 is 20.6 Å². The first-order valence-corrected chi connectivity index (χ1v) is 5.87. The van der Waals surface area contributed by atoms with Crippen LogP contribution in [0.2, 0.25) is 10.0 Å². The lowest BCUT2D eigenvalue weighted by atomic mass is 10.0. The van der Waals surface area contributed by atoms with Gasteiger partial charge in [-0.3, -0.25) is 4.79 Å². The van der Waals surface area contributed by atoms with E-state index in [-0.39, 0.29) is 33.8 Å². The van der Waals surface area contributed by atoms with E-state index in [4.69, 9.17) is 23.2 Å². The van der Waals surface area contributed by atoms with E-state index in [9.17, 15) is 20.1 Å². The van der Waals surface area contributed by atoms with Crippen LogP contribution in [0.4, 0.5) is 0 Å². The van der Waals surface area contributed by atoms with Crippen molar-refractivity contribution >= 4 is 29.1 Å². The maximum Gasteiger partial charge on any atom is 0.216 e. The molecule has 18 heavy (non-hydrogen) atoms. The molecule has 0 fully saturated rings. The molecule has 0 radical (unpaired) electrons. The monoisotopic (exact) mass is 293 g/mol. The molecule has 5 nitrogen and oxygen atoms in total. The number of carbonyl (C=O) groups excluding carboxylic acids is 1. The fourth-order valence-electron chi connectivity index (χ4n) is 1.38. The average Bonchev–Trinajstić information content (AvgIpc) is 2.29. The van der Waals surface area contributed by atoms with E-state index < -0.39 is 12.2 Å². The van der Waals surface area contributed by atoms with Crippen LogP contribution in [0.3, 0.4) is 0 Å². The van der Waals surface area contributed by atoms with E-state index >= 15 is 0 Å². The number of aliphatic hydroxyl groups excluding tert-OH is 2. The summed E-state index contributed by atoms with van der Waals surface area (Å²) in [6.45, 7) is 1.13. The quantitative estimate of drug-likeness (QED) is 0.672. The minimum Gasteiger partial charge on any atom is -0.506 e. The third kappa shape index (κ3) is 3.74. The highest BCUT2D eigenvalue weighted by molar-refractivity contribution is 6.35. The molecule has 7 heteroatoms. The Balaban J connectivity index is 2.89. The van der Waals surface area contributed by atoms with Crippen molar-refractivity contribution in [3.63, 3.8) is 0 Å². The Kier molecular flexibility index (Phi) is 5.22. The number of phenolic OH excluding ortho intramolecular Hbond substituents is 1. The zero-order valence-electron chi connectivity index (χ0n) is 9.52. The van der Waals surface area contributed by atoms with Crippen molar-refractivity contribution in [1.29, 1.82) is 0 Å². The number of phenols is 1. The van der Waals surface area contributed by atoms with Gasteiger partial charge >= 0.3 is 0 Å². The van der Waals surface area contributed by atoms with Gasteiger partial charge in [-0.25, -0.2) is 0 Å². The van der Waals surface area contributed by atoms with Crippen molar-refractivity contribution in [3.8, 4) is 5.75 Å². The van der Waals surface area contributed by atoms with E-state index in [0.29, 0.717) is 0 Å². The van der Waals surface area contributed by atoms with Gasteiger partial charge in [0.05, 0.1) is 5.02 Å². The second kappa shape index (κ2) is 6.24. The molecule has 100 valence electrons. The van der Waals surface area contributed by atoms with E-state index in [1.165, 1.54) is 19.1 Å². The Morgan fingerprint density at radius 2 is 2.00 bits per heavy atom. The standard InChI is InChI=1S/C11H13Cl2NO4/c1-5(15)14-4-9(16)11(18)7-2-6(12)3-8(13)10(7)17/h2-3,9,11,16-18H,4H2,1H3,(H,14,15). The van der Waals surface area contributed by atoms with Crippen LogP contribution in [0, 0.1) is 0 Å². The lowest BCUT2D eigenvalue weighted by Gasteiger charge is -2.19. The van der Waals surface area contributed by atoms with Crippen molar-refractivity contribution in [1.82, 2.24) is 5.32 Å². The fourth-order valence-corrected chi connectivity index (χ4v) is 1.89. The average molecular weight is 294 g/mol. The zero-order chi connectivity index (χ0) is 13.9. The lowest BCUT2D eigenvalue weighted by molar-refractivity contribution is -0.119. The Morgan fingerprint density at radius 1 is 1.39 bits per heavy atom. The highest BCUT2D eigenvalue weighted by Crippen LogP contribution is 2.35. The van der Waals surface area contributed by atoms with Gasteiger partial charge in [-0.05, 0) is 12.1 Å². The SMILES string of the molecule is CC(=O)NCC(O)C(O)c1cc(Cl)cc(Cl)c1O. The number of hydrogen-bond acceptors (Lipinski definition) is 4. The summed E-state index contributed by atoms with van der Waals surface area (Å²) in [5.41, 5.74) is 0.00496. The van der Waals surface area contributed by atoms with Gasteiger partial charge in [-0.2, -0.15) is 0 Å². The molecular formula is C11H13Cl2NO4. The Morgan fingerprint density at radius 3 is 2.56 bits per heavy atom. The highest BCUT2D eigenvalue weighted by Gasteiger charge is 2.23. The number of amides is 1. The van der Waals surface area contributed by atoms with Gasteiger partial charge in [0, 0.05) is 24.1 Å². The topological polar surface area (TPSA) is 89.8 Å². The summed E-state index contributed by atoms with van der Waals surface area (Å²) < 4.78 is 0. The molecule has 1 aromatic carbocycles. The molecule has 0 aliphatic heterocycles. The Labute approximate surface area is 114 Å². The summed E-state index contributed by atoms with van der Waals surface area (Å²) in [6, 6.07) is 2.61. The molecule has 2 unspecified atom stereocenters. The number of rotatable bonds is 4. The van der Waals surface area contributed by atoms with E-state index in [1.54, 1.807) is 0 Å². The van der Waals surface area contributed by atoms with Crippen LogP contribution in [0.5, 0.6) is 5.75 Å². The molecular weight excluding hydrogens is 281 g/mol. The molecule has 0 saturated carbocycles. The van der Waals surface area contributed by atoms with E-state index in [1.807, 2.05) is 0 Å². The summed E-state index contributed by atoms with van der Waals surface area (Å²) in [7, 11) is 0. The molecule has 0 aliphatic rings. The van der Waals surface area contributed by atoms with Crippen LogP contribution < -0.4 is 5.32 Å². The van der Waals surface area contributed by atoms with Crippen LogP contribution >= 0.6 is 23.2 Å². The molecule has 0 heterocycles. The van der Waals surface area contributed by atoms with Crippen molar-refractivity contribution < 1.29 is 20.1 Å². The molecule has 0 spiro atoms. The van der Waals surface area contributed by atoms with Gasteiger partial charge in [-0.1, -0.05) is 23.2 Å². The number of benzene rings is 1. The van der Waals surface area contributed by atoms with Gasteiger partial charge in [0.25, 0.3) is 0 Å². The maximum atomic E-state index is 10.7. The number of halogens is 2. The number of hydrogen-bond donors (Lipinski definition) is 4. The fraction of sp³-hybridized carbons (Fsp3) is 0.364. The number of aromatic hydroxyl groups is 1. The summed E-state index contributed by atoms with van der Waals surface area (Å²) in [5, 5.41) is 31.7. The first-order valence-electron chi connectivity index (χ1n) is 5.11. The van der Waals surface area contributed by atoms with Gasteiger partial charge in [0.1, 0.15) is 18.0 Å². The third-order valence-corrected chi connectivity index (χ3v) is 2.81. The van der Waals surface area contributed by atoms with Crippen molar-refractivity contribution in [3.05, 3.63) is 27.7 Å². The van der Waals surface area contributed by atoms with E-state index in [0.717, 1.165) is 0 Å². The molecule has 1 amide bonds. The zero-order valence-corrected chi connectivity index (χ0v) is 11.0. The molecule has 1 aromatic rings. The summed E-state index contributed by atoms with van der Waals surface area (Å²) in [5.74, 6) is -0.690. The number of carbonyl (C=O) groups is 1. The highest BCUT2D eigenvalue weighted by atomic mass is 35.5. The smallest absolute Gasteiger partial charge is 0.216 e. The molecule has 1 rings (SSSR count). The van der Waals surface area contributed by atoms with Crippen LogP contribution in [0.25, 0.3) is 0 Å².